The van der Waals surface area contributed by atoms with Crippen molar-refractivity contribution in [1.29, 1.82) is 0 Å². The van der Waals surface area contributed by atoms with Gasteiger partial charge in [-0.25, -0.2) is 0 Å². The van der Waals surface area contributed by atoms with Crippen molar-refractivity contribution in [3.63, 3.8) is 0 Å². The monoisotopic (exact) mass is 274 g/mol. The predicted octanol–water partition coefficient (Wildman–Crippen LogP) is 2.57. The maximum atomic E-state index is 5.25. The van der Waals surface area contributed by atoms with Gasteiger partial charge in [0.25, 0.3) is 0 Å². The molecule has 0 amide bonds. The van der Waals surface area contributed by atoms with Gasteiger partial charge in [0.2, 0.25) is 0 Å². The van der Waals surface area contributed by atoms with Crippen LogP contribution in [0.15, 0.2) is 42.7 Å². The van der Waals surface area contributed by atoms with Crippen molar-refractivity contribution in [3.05, 3.63) is 48.3 Å². The zero-order valence-electron chi connectivity index (χ0n) is 11.0. The number of anilines is 1. The largest absolute Gasteiger partial charge is 0.362 e. The highest BCUT2D eigenvalue weighted by Crippen LogP contribution is 2.08. The van der Waals surface area contributed by atoms with Crippen LogP contribution in [0.2, 0.25) is 0 Å². The fourth-order valence-corrected chi connectivity index (χ4v) is 1.99. The first-order chi connectivity index (χ1) is 9.24. The maximum absolute atomic E-state index is 5.25. The molecule has 0 fully saturated rings. The van der Waals surface area contributed by atoms with Crippen LogP contribution in [-0.4, -0.2) is 21.4 Å². The third-order valence-corrected chi connectivity index (χ3v) is 2.93. The molecule has 2 N–H and O–H groups in total. The molecule has 0 aliphatic rings. The van der Waals surface area contributed by atoms with Crippen LogP contribution in [0.1, 0.15) is 12.0 Å². The first-order valence-corrected chi connectivity index (χ1v) is 6.74. The molecule has 2 aromatic rings. The Kier molecular flexibility index (Phi) is 4.92. The Morgan fingerprint density at radius 3 is 3.00 bits per heavy atom. The summed E-state index contributed by atoms with van der Waals surface area (Å²) in [7, 11) is 0. The number of hydrogen-bond acceptors (Lipinski definition) is 2. The van der Waals surface area contributed by atoms with Gasteiger partial charge in [-0.3, -0.25) is 4.68 Å². The minimum Gasteiger partial charge on any atom is -0.362 e. The number of hydrogen-bond donors (Lipinski definition) is 2. The second-order valence-corrected chi connectivity index (χ2v) is 4.78. The molecule has 0 radical (unpaired) electrons. The summed E-state index contributed by atoms with van der Waals surface area (Å²) in [6, 6.07) is 10.1. The Morgan fingerprint density at radius 1 is 1.37 bits per heavy atom. The van der Waals surface area contributed by atoms with Gasteiger partial charge in [0.1, 0.15) is 0 Å². The Balaban J connectivity index is 1.67. The lowest BCUT2D eigenvalue weighted by Crippen LogP contribution is -2.29. The van der Waals surface area contributed by atoms with Crippen molar-refractivity contribution in [3.8, 4) is 0 Å². The lowest BCUT2D eigenvalue weighted by molar-refractivity contribution is 0.574. The quantitative estimate of drug-likeness (QED) is 0.649. The summed E-state index contributed by atoms with van der Waals surface area (Å²) in [6.45, 7) is 3.79. The lowest BCUT2D eigenvalue weighted by atomic mass is 10.2. The first kappa shape index (κ1) is 13.5. The number of rotatable bonds is 5. The topological polar surface area (TPSA) is 41.9 Å². The summed E-state index contributed by atoms with van der Waals surface area (Å²) in [4.78, 5) is 0. The van der Waals surface area contributed by atoms with E-state index in [0.717, 1.165) is 25.2 Å². The molecule has 4 nitrogen and oxygen atoms in total. The average molecular weight is 274 g/mol. The minimum absolute atomic E-state index is 0.658. The molecule has 0 bridgehead atoms. The summed E-state index contributed by atoms with van der Waals surface area (Å²) in [6.07, 6.45) is 4.73. The molecular weight excluding hydrogens is 256 g/mol. The van der Waals surface area contributed by atoms with Crippen LogP contribution < -0.4 is 10.6 Å². The van der Waals surface area contributed by atoms with E-state index in [9.17, 15) is 0 Å². The van der Waals surface area contributed by atoms with Crippen LogP contribution in [0.4, 0.5) is 5.69 Å². The summed E-state index contributed by atoms with van der Waals surface area (Å²) in [5, 5.41) is 11.2. The smallest absolute Gasteiger partial charge is 0.170 e. The summed E-state index contributed by atoms with van der Waals surface area (Å²) in [5.41, 5.74) is 2.23. The van der Waals surface area contributed by atoms with Gasteiger partial charge < -0.3 is 10.6 Å². The highest BCUT2D eigenvalue weighted by Gasteiger charge is 1.97. The molecule has 1 aromatic carbocycles. The number of benzene rings is 1. The molecular formula is C14H18N4S. The molecule has 0 aliphatic heterocycles. The highest BCUT2D eigenvalue weighted by molar-refractivity contribution is 7.80. The fraction of sp³-hybridized carbons (Fsp3) is 0.286. The summed E-state index contributed by atoms with van der Waals surface area (Å²) < 4.78 is 1.92. The molecule has 1 heterocycles. The van der Waals surface area contributed by atoms with Crippen molar-refractivity contribution >= 4 is 23.0 Å². The van der Waals surface area contributed by atoms with Gasteiger partial charge in [-0.1, -0.05) is 12.1 Å². The SMILES string of the molecule is Cc1cccc(NC(=S)NCCCn2cccn2)c1. The van der Waals surface area contributed by atoms with Gasteiger partial charge in [-0.05, 0) is 49.3 Å². The molecule has 0 saturated heterocycles. The standard InChI is InChI=1S/C14H18N4S/c1-12-5-2-6-13(11-12)17-14(19)15-7-3-9-18-10-4-8-16-18/h2,4-6,8,10-11H,3,7,9H2,1H3,(H2,15,17,19). The Labute approximate surface area is 118 Å². The van der Waals surface area contributed by atoms with Crippen LogP contribution in [0.25, 0.3) is 0 Å². The van der Waals surface area contributed by atoms with Crippen LogP contribution in [0.5, 0.6) is 0 Å². The van der Waals surface area contributed by atoms with E-state index in [2.05, 4.69) is 34.8 Å². The Hall–Kier alpha value is -1.88. The third-order valence-electron chi connectivity index (χ3n) is 2.68. The van der Waals surface area contributed by atoms with Crippen molar-refractivity contribution in [2.24, 2.45) is 0 Å². The number of aryl methyl sites for hydroxylation is 2. The van der Waals surface area contributed by atoms with Gasteiger partial charge in [0.05, 0.1) is 0 Å². The molecule has 0 aliphatic carbocycles. The van der Waals surface area contributed by atoms with Crippen molar-refractivity contribution in [2.45, 2.75) is 19.9 Å². The molecule has 5 heteroatoms. The van der Waals surface area contributed by atoms with Crippen LogP contribution in [0.3, 0.4) is 0 Å². The second-order valence-electron chi connectivity index (χ2n) is 4.37. The van der Waals surface area contributed by atoms with Crippen LogP contribution >= 0.6 is 12.2 Å². The molecule has 0 saturated carbocycles. The minimum atomic E-state index is 0.658. The van der Waals surface area contributed by atoms with Crippen molar-refractivity contribution in [1.82, 2.24) is 15.1 Å². The van der Waals surface area contributed by atoms with Gasteiger partial charge in [-0.15, -0.1) is 0 Å². The molecule has 0 atom stereocenters. The van der Waals surface area contributed by atoms with E-state index in [1.54, 1.807) is 6.20 Å². The average Bonchev–Trinajstić information content (AvgIpc) is 2.88. The zero-order valence-corrected chi connectivity index (χ0v) is 11.8. The molecule has 0 spiro atoms. The molecule has 19 heavy (non-hydrogen) atoms. The van der Waals surface area contributed by atoms with Gasteiger partial charge in [0.15, 0.2) is 5.11 Å². The van der Waals surface area contributed by atoms with E-state index in [-0.39, 0.29) is 0 Å². The number of nitrogens with zero attached hydrogens (tertiary/aromatic N) is 2. The van der Waals surface area contributed by atoms with E-state index in [1.807, 2.05) is 29.1 Å². The van der Waals surface area contributed by atoms with E-state index < -0.39 is 0 Å². The van der Waals surface area contributed by atoms with Crippen LogP contribution in [-0.2, 0) is 6.54 Å². The van der Waals surface area contributed by atoms with E-state index >= 15 is 0 Å². The van der Waals surface area contributed by atoms with Crippen molar-refractivity contribution < 1.29 is 0 Å². The fourth-order valence-electron chi connectivity index (χ4n) is 1.77. The molecule has 2 rings (SSSR count). The van der Waals surface area contributed by atoms with Crippen LogP contribution in [0, 0.1) is 6.92 Å². The molecule has 1 aromatic heterocycles. The number of aromatic nitrogens is 2. The second kappa shape index (κ2) is 6.89. The maximum Gasteiger partial charge on any atom is 0.170 e. The Morgan fingerprint density at radius 2 is 2.26 bits per heavy atom. The first-order valence-electron chi connectivity index (χ1n) is 6.33. The van der Waals surface area contributed by atoms with E-state index in [4.69, 9.17) is 12.2 Å². The third kappa shape index (κ3) is 4.71. The number of nitrogens with one attached hydrogen (secondary N) is 2. The predicted molar refractivity (Wildman–Crippen MR) is 82.2 cm³/mol. The van der Waals surface area contributed by atoms with Crippen molar-refractivity contribution in [2.75, 3.05) is 11.9 Å². The van der Waals surface area contributed by atoms with E-state index in [0.29, 0.717) is 5.11 Å². The number of thiocarbonyl (C=S) groups is 1. The normalized spacial score (nSPS) is 10.2. The van der Waals surface area contributed by atoms with E-state index in [1.165, 1.54) is 5.56 Å². The van der Waals surface area contributed by atoms with Gasteiger partial charge in [0, 0.05) is 31.2 Å². The van der Waals surface area contributed by atoms with Gasteiger partial charge >= 0.3 is 0 Å². The lowest BCUT2D eigenvalue weighted by Gasteiger charge is -2.10. The summed E-state index contributed by atoms with van der Waals surface area (Å²) >= 11 is 5.25. The molecule has 0 unspecified atom stereocenters. The highest BCUT2D eigenvalue weighted by atomic mass is 32.1. The Bertz CT molecular complexity index is 522. The zero-order chi connectivity index (χ0) is 13.5. The molecule has 100 valence electrons. The summed E-state index contributed by atoms with van der Waals surface area (Å²) in [5.74, 6) is 0. The van der Waals surface area contributed by atoms with Gasteiger partial charge in [-0.2, -0.15) is 5.10 Å².